The summed E-state index contributed by atoms with van der Waals surface area (Å²) in [6, 6.07) is 0. The molecule has 3 nitrogen and oxygen atoms in total. The second-order valence-electron chi connectivity index (χ2n) is 6.58. The third-order valence-electron chi connectivity index (χ3n) is 5.77. The highest BCUT2D eigenvalue weighted by molar-refractivity contribution is 4.97. The summed E-state index contributed by atoms with van der Waals surface area (Å²) in [4.78, 5) is 2.74. The molecule has 0 aromatic rings. The van der Waals surface area contributed by atoms with Crippen LogP contribution in [0.4, 0.5) is 0 Å². The highest BCUT2D eigenvalue weighted by atomic mass is 16.5. The topological polar surface area (TPSA) is 38.5 Å². The Morgan fingerprint density at radius 2 is 1.78 bits per heavy atom. The molecule has 3 rings (SSSR count). The molecule has 3 aliphatic rings. The van der Waals surface area contributed by atoms with Gasteiger partial charge in [-0.1, -0.05) is 19.3 Å². The Bertz CT molecular complexity index is 276. The van der Waals surface area contributed by atoms with E-state index < -0.39 is 0 Å². The van der Waals surface area contributed by atoms with Gasteiger partial charge in [0.15, 0.2) is 0 Å². The van der Waals surface area contributed by atoms with Crippen LogP contribution in [0, 0.1) is 11.8 Å². The molecule has 0 spiro atoms. The van der Waals surface area contributed by atoms with Crippen molar-refractivity contribution < 1.29 is 4.74 Å². The van der Waals surface area contributed by atoms with Crippen molar-refractivity contribution in [1.82, 2.24) is 4.90 Å². The molecule has 0 aromatic carbocycles. The molecule has 0 bridgehead atoms. The third-order valence-corrected chi connectivity index (χ3v) is 5.77. The summed E-state index contributed by atoms with van der Waals surface area (Å²) >= 11 is 0. The maximum atomic E-state index is 6.14. The van der Waals surface area contributed by atoms with Crippen LogP contribution in [-0.4, -0.2) is 43.3 Å². The van der Waals surface area contributed by atoms with E-state index in [9.17, 15) is 0 Å². The van der Waals surface area contributed by atoms with Gasteiger partial charge < -0.3 is 10.5 Å². The molecule has 1 saturated carbocycles. The van der Waals surface area contributed by atoms with E-state index in [0.29, 0.717) is 0 Å². The summed E-state index contributed by atoms with van der Waals surface area (Å²) in [5, 5.41) is 0. The second kappa shape index (κ2) is 5.48. The molecule has 2 unspecified atom stereocenters. The Morgan fingerprint density at radius 3 is 2.50 bits per heavy atom. The highest BCUT2D eigenvalue weighted by Gasteiger charge is 2.42. The van der Waals surface area contributed by atoms with Crippen LogP contribution in [0.5, 0.6) is 0 Å². The Hall–Kier alpha value is -0.120. The molecular formula is C15H28N2O. The molecule has 0 aromatic heterocycles. The van der Waals surface area contributed by atoms with Crippen molar-refractivity contribution in [1.29, 1.82) is 0 Å². The lowest BCUT2D eigenvalue weighted by atomic mass is 9.73. The summed E-state index contributed by atoms with van der Waals surface area (Å²) in [5.41, 5.74) is 6.40. The maximum absolute atomic E-state index is 6.14. The number of fused-ring (bicyclic) bond motifs is 1. The van der Waals surface area contributed by atoms with Crippen LogP contribution in [-0.2, 0) is 4.74 Å². The lowest BCUT2D eigenvalue weighted by molar-refractivity contribution is -0.0556. The van der Waals surface area contributed by atoms with E-state index in [-0.39, 0.29) is 5.54 Å². The van der Waals surface area contributed by atoms with Crippen LogP contribution in [0.15, 0.2) is 0 Å². The van der Waals surface area contributed by atoms with E-state index in [4.69, 9.17) is 10.5 Å². The molecule has 3 fully saturated rings. The van der Waals surface area contributed by atoms with Gasteiger partial charge in [-0.2, -0.15) is 0 Å². The number of ether oxygens (including phenoxy) is 1. The van der Waals surface area contributed by atoms with Gasteiger partial charge >= 0.3 is 0 Å². The molecule has 18 heavy (non-hydrogen) atoms. The van der Waals surface area contributed by atoms with E-state index in [2.05, 4.69) is 4.90 Å². The fourth-order valence-electron chi connectivity index (χ4n) is 4.43. The van der Waals surface area contributed by atoms with Crippen molar-refractivity contribution >= 4 is 0 Å². The minimum Gasteiger partial charge on any atom is -0.381 e. The zero-order valence-corrected chi connectivity index (χ0v) is 11.6. The van der Waals surface area contributed by atoms with Gasteiger partial charge in [0.25, 0.3) is 0 Å². The molecule has 3 heteroatoms. The van der Waals surface area contributed by atoms with Crippen molar-refractivity contribution in [2.24, 2.45) is 17.6 Å². The van der Waals surface area contributed by atoms with Gasteiger partial charge in [-0.15, -0.1) is 0 Å². The average Bonchev–Trinajstić information content (AvgIpc) is 2.47. The van der Waals surface area contributed by atoms with Crippen LogP contribution < -0.4 is 5.73 Å². The molecule has 0 amide bonds. The predicted molar refractivity (Wildman–Crippen MR) is 73.5 cm³/mol. The standard InChI is InChI=1S/C15H28N2O/c16-12-15(6-9-18-10-7-15)17-8-5-13-3-1-2-4-14(13)11-17/h13-14H,1-12,16H2. The number of piperidine rings is 1. The number of likely N-dealkylation sites (tertiary alicyclic amines) is 1. The Labute approximate surface area is 111 Å². The summed E-state index contributed by atoms with van der Waals surface area (Å²) in [6.07, 6.45) is 9.55. The number of hydrogen-bond donors (Lipinski definition) is 1. The molecule has 0 radical (unpaired) electrons. The van der Waals surface area contributed by atoms with Gasteiger partial charge in [0, 0.05) is 31.8 Å². The second-order valence-corrected chi connectivity index (χ2v) is 6.58. The van der Waals surface area contributed by atoms with Gasteiger partial charge in [0.2, 0.25) is 0 Å². The average molecular weight is 252 g/mol. The SMILES string of the molecule is NCC1(N2CCC3CCCCC3C2)CCOCC1. The normalized spacial score (nSPS) is 37.2. The lowest BCUT2D eigenvalue weighted by Crippen LogP contribution is -2.60. The van der Waals surface area contributed by atoms with Crippen LogP contribution in [0.1, 0.15) is 44.9 Å². The molecule has 2 heterocycles. The van der Waals surface area contributed by atoms with Gasteiger partial charge in [0.1, 0.15) is 0 Å². The van der Waals surface area contributed by atoms with Crippen molar-refractivity contribution in [3.05, 3.63) is 0 Å². The van der Waals surface area contributed by atoms with E-state index >= 15 is 0 Å². The van der Waals surface area contributed by atoms with Gasteiger partial charge in [-0.25, -0.2) is 0 Å². The highest BCUT2D eigenvalue weighted by Crippen LogP contribution is 2.39. The zero-order chi connectivity index (χ0) is 12.4. The number of nitrogens with zero attached hydrogens (tertiary/aromatic N) is 1. The lowest BCUT2D eigenvalue weighted by Gasteiger charge is -2.51. The van der Waals surface area contributed by atoms with Crippen molar-refractivity contribution in [2.75, 3.05) is 32.8 Å². The smallest absolute Gasteiger partial charge is 0.0484 e. The van der Waals surface area contributed by atoms with Crippen LogP contribution in [0.2, 0.25) is 0 Å². The van der Waals surface area contributed by atoms with Crippen LogP contribution in [0.3, 0.4) is 0 Å². The Kier molecular flexibility index (Phi) is 3.92. The minimum atomic E-state index is 0.265. The molecule has 2 atom stereocenters. The molecule has 2 aliphatic heterocycles. The fourth-order valence-corrected chi connectivity index (χ4v) is 4.43. The van der Waals surface area contributed by atoms with Crippen LogP contribution >= 0.6 is 0 Å². The van der Waals surface area contributed by atoms with E-state index in [1.54, 1.807) is 0 Å². The van der Waals surface area contributed by atoms with Gasteiger partial charge in [0.05, 0.1) is 0 Å². The van der Waals surface area contributed by atoms with Crippen molar-refractivity contribution in [2.45, 2.75) is 50.5 Å². The zero-order valence-electron chi connectivity index (χ0n) is 11.6. The first kappa shape index (κ1) is 12.9. The van der Waals surface area contributed by atoms with Crippen molar-refractivity contribution in [3.63, 3.8) is 0 Å². The van der Waals surface area contributed by atoms with E-state index in [0.717, 1.165) is 44.4 Å². The monoisotopic (exact) mass is 252 g/mol. The Morgan fingerprint density at radius 1 is 1.06 bits per heavy atom. The van der Waals surface area contributed by atoms with Gasteiger partial charge in [-0.05, 0) is 44.1 Å². The van der Waals surface area contributed by atoms with Crippen LogP contribution in [0.25, 0.3) is 0 Å². The molecule has 1 aliphatic carbocycles. The molecule has 2 N–H and O–H groups in total. The van der Waals surface area contributed by atoms with E-state index in [1.807, 2.05) is 0 Å². The van der Waals surface area contributed by atoms with E-state index in [1.165, 1.54) is 45.2 Å². The largest absolute Gasteiger partial charge is 0.381 e. The first-order valence-corrected chi connectivity index (χ1v) is 7.87. The number of rotatable bonds is 2. The number of hydrogen-bond acceptors (Lipinski definition) is 3. The maximum Gasteiger partial charge on any atom is 0.0484 e. The summed E-state index contributed by atoms with van der Waals surface area (Å²) in [5.74, 6) is 1.98. The first-order chi connectivity index (χ1) is 8.84. The molecule has 104 valence electrons. The third kappa shape index (κ3) is 2.33. The quantitative estimate of drug-likeness (QED) is 0.817. The minimum absolute atomic E-state index is 0.265. The van der Waals surface area contributed by atoms with Gasteiger partial charge in [-0.3, -0.25) is 4.90 Å². The summed E-state index contributed by atoms with van der Waals surface area (Å²) < 4.78 is 5.54. The fraction of sp³-hybridized carbons (Fsp3) is 1.00. The predicted octanol–water partition coefficient (Wildman–Crippen LogP) is 2.01. The summed E-state index contributed by atoms with van der Waals surface area (Å²) in [7, 11) is 0. The first-order valence-electron chi connectivity index (χ1n) is 7.87. The molecular weight excluding hydrogens is 224 g/mol. The Balaban J connectivity index is 1.68. The summed E-state index contributed by atoms with van der Waals surface area (Å²) in [6.45, 7) is 5.21. The molecule has 2 saturated heterocycles. The van der Waals surface area contributed by atoms with Crippen molar-refractivity contribution in [3.8, 4) is 0 Å². The number of nitrogens with two attached hydrogens (primary N) is 1.